The van der Waals surface area contributed by atoms with Crippen molar-refractivity contribution >= 4 is 17.9 Å². The van der Waals surface area contributed by atoms with Crippen LogP contribution in [0.25, 0.3) is 0 Å². The predicted molar refractivity (Wildman–Crippen MR) is 330 cm³/mol. The quantitative estimate of drug-likeness (QED) is 0.0261. The van der Waals surface area contributed by atoms with Crippen molar-refractivity contribution in [2.45, 2.75) is 367 Å². The van der Waals surface area contributed by atoms with Gasteiger partial charge in [0, 0.05) is 19.3 Å². The molecule has 0 saturated heterocycles. The molecule has 0 rings (SSSR count). The normalized spacial score (nSPS) is 12.3. The molecule has 444 valence electrons. The highest BCUT2D eigenvalue weighted by Crippen LogP contribution is 2.18. The van der Waals surface area contributed by atoms with Crippen LogP contribution in [-0.2, 0) is 28.6 Å². The highest BCUT2D eigenvalue weighted by Gasteiger charge is 2.19. The van der Waals surface area contributed by atoms with Gasteiger partial charge < -0.3 is 14.2 Å². The third-order valence-electron chi connectivity index (χ3n) is 15.1. The van der Waals surface area contributed by atoms with Crippen LogP contribution in [0.5, 0.6) is 0 Å². The molecule has 0 amide bonds. The summed E-state index contributed by atoms with van der Waals surface area (Å²) < 4.78 is 17.0. The number of allylic oxidation sites excluding steroid dienone is 8. The Morgan fingerprint density at radius 2 is 0.474 bits per heavy atom. The lowest BCUT2D eigenvalue weighted by atomic mass is 10.0. The number of carbonyl (C=O) groups is 3. The third kappa shape index (κ3) is 62.2. The van der Waals surface area contributed by atoms with Gasteiger partial charge in [-0.25, -0.2) is 0 Å². The van der Waals surface area contributed by atoms with Gasteiger partial charge in [-0.05, 0) is 83.5 Å². The van der Waals surface area contributed by atoms with E-state index in [2.05, 4.69) is 69.4 Å². The zero-order valence-corrected chi connectivity index (χ0v) is 51.0. The maximum Gasteiger partial charge on any atom is 0.306 e. The topological polar surface area (TPSA) is 78.9 Å². The van der Waals surface area contributed by atoms with Crippen LogP contribution in [0.2, 0.25) is 0 Å². The van der Waals surface area contributed by atoms with Gasteiger partial charge in [0.25, 0.3) is 0 Å². The minimum absolute atomic E-state index is 0.0752. The van der Waals surface area contributed by atoms with Crippen molar-refractivity contribution in [1.82, 2.24) is 0 Å². The molecule has 0 saturated carbocycles. The van der Waals surface area contributed by atoms with Gasteiger partial charge in [0.1, 0.15) is 13.2 Å². The smallest absolute Gasteiger partial charge is 0.306 e. The Hall–Kier alpha value is -2.63. The summed E-state index contributed by atoms with van der Waals surface area (Å²) in [5.41, 5.74) is 0. The van der Waals surface area contributed by atoms with E-state index in [1.807, 2.05) is 0 Å². The van der Waals surface area contributed by atoms with Gasteiger partial charge in [0.2, 0.25) is 0 Å². The second kappa shape index (κ2) is 64.9. The van der Waals surface area contributed by atoms with Crippen molar-refractivity contribution in [3.63, 3.8) is 0 Å². The van der Waals surface area contributed by atoms with Gasteiger partial charge in [0.05, 0.1) is 0 Å². The van der Waals surface area contributed by atoms with E-state index in [9.17, 15) is 14.4 Å². The maximum absolute atomic E-state index is 12.9. The molecule has 0 aromatic heterocycles. The van der Waals surface area contributed by atoms with E-state index < -0.39 is 6.10 Å². The molecule has 6 nitrogen and oxygen atoms in total. The van der Waals surface area contributed by atoms with Gasteiger partial charge >= 0.3 is 17.9 Å². The molecular weight excluding hydrogens is 937 g/mol. The number of carbonyl (C=O) groups excluding carboxylic acids is 3. The van der Waals surface area contributed by atoms with Crippen LogP contribution in [0.3, 0.4) is 0 Å². The van der Waals surface area contributed by atoms with Crippen molar-refractivity contribution in [1.29, 1.82) is 0 Å². The van der Waals surface area contributed by atoms with Crippen molar-refractivity contribution < 1.29 is 28.6 Å². The molecule has 1 unspecified atom stereocenters. The SMILES string of the molecule is CCCCC/C=C\C/C=C\CCCCCCCCCC(=O)OCC(COC(=O)CCCCCCCCCCCCCCCCCCCCCCCCCC)OC(=O)CCCCCCCCC/C=C\C/C=C\CCCCC. The van der Waals surface area contributed by atoms with Crippen molar-refractivity contribution in [2.24, 2.45) is 0 Å². The fraction of sp³-hybridized carbons (Fsp3) is 0.843. The molecule has 1 atom stereocenters. The summed E-state index contributed by atoms with van der Waals surface area (Å²) in [6.07, 6.45) is 81.2. The number of esters is 3. The minimum atomic E-state index is -0.780. The molecule has 0 heterocycles. The Morgan fingerprint density at radius 1 is 0.263 bits per heavy atom. The fourth-order valence-electron chi connectivity index (χ4n) is 9.98. The van der Waals surface area contributed by atoms with E-state index in [1.165, 1.54) is 238 Å². The second-order valence-electron chi connectivity index (χ2n) is 22.7. The van der Waals surface area contributed by atoms with Crippen LogP contribution in [0.4, 0.5) is 0 Å². The molecule has 0 aliphatic heterocycles. The maximum atomic E-state index is 12.9. The van der Waals surface area contributed by atoms with Crippen LogP contribution in [0.15, 0.2) is 48.6 Å². The van der Waals surface area contributed by atoms with Crippen LogP contribution < -0.4 is 0 Å². The summed E-state index contributed by atoms with van der Waals surface area (Å²) in [4.78, 5) is 38.4. The Labute approximate surface area is 473 Å². The molecule has 76 heavy (non-hydrogen) atoms. The van der Waals surface area contributed by atoms with Gasteiger partial charge in [-0.1, -0.05) is 307 Å². The van der Waals surface area contributed by atoms with Gasteiger partial charge in [0.15, 0.2) is 6.10 Å². The molecule has 0 aromatic carbocycles. The first-order chi connectivity index (χ1) is 37.5. The molecule has 0 aliphatic rings. The van der Waals surface area contributed by atoms with Crippen LogP contribution in [-0.4, -0.2) is 37.2 Å². The predicted octanol–water partition coefficient (Wildman–Crippen LogP) is 22.9. The standard InChI is InChI=1S/C70H128O6/c1-4-7-10-13-16-19-22-25-28-31-32-33-34-35-36-37-40-42-45-48-51-54-57-60-63-69(72)75-66-67(76-70(73)64-61-58-55-52-49-46-43-39-30-27-24-21-18-15-12-9-6-3)65-74-68(71)62-59-56-53-50-47-44-41-38-29-26-23-20-17-14-11-8-5-2/h17-18,20-21,26-27,29-30,67H,4-16,19,22-25,28,31-66H2,1-3H3/b20-17-,21-18-,29-26-,30-27-. The number of ether oxygens (including phenoxy) is 3. The first-order valence-corrected chi connectivity index (χ1v) is 33.6. The zero-order chi connectivity index (χ0) is 55.0. The molecule has 0 spiro atoms. The molecule has 6 heteroatoms. The van der Waals surface area contributed by atoms with Crippen LogP contribution in [0, 0.1) is 0 Å². The van der Waals surface area contributed by atoms with Crippen molar-refractivity contribution in [3.05, 3.63) is 48.6 Å². The van der Waals surface area contributed by atoms with E-state index >= 15 is 0 Å². The van der Waals surface area contributed by atoms with Gasteiger partial charge in [-0.15, -0.1) is 0 Å². The lowest BCUT2D eigenvalue weighted by Crippen LogP contribution is -2.30. The molecule has 0 radical (unpaired) electrons. The molecule has 0 fully saturated rings. The van der Waals surface area contributed by atoms with E-state index in [-0.39, 0.29) is 31.1 Å². The van der Waals surface area contributed by atoms with Crippen molar-refractivity contribution in [2.75, 3.05) is 13.2 Å². The molecule has 0 N–H and O–H groups in total. The Kier molecular flexibility index (Phi) is 62.6. The highest BCUT2D eigenvalue weighted by molar-refractivity contribution is 5.71. The molecule has 0 bridgehead atoms. The molecule has 0 aliphatic carbocycles. The van der Waals surface area contributed by atoms with Crippen molar-refractivity contribution in [3.8, 4) is 0 Å². The first kappa shape index (κ1) is 73.4. The monoisotopic (exact) mass is 1060 g/mol. The summed E-state index contributed by atoms with van der Waals surface area (Å²) in [5.74, 6) is -0.868. The molecular formula is C70H128O6. The summed E-state index contributed by atoms with van der Waals surface area (Å²) in [7, 11) is 0. The summed E-state index contributed by atoms with van der Waals surface area (Å²) >= 11 is 0. The van der Waals surface area contributed by atoms with E-state index in [1.54, 1.807) is 0 Å². The largest absolute Gasteiger partial charge is 0.462 e. The van der Waals surface area contributed by atoms with Crippen LogP contribution >= 0.6 is 0 Å². The van der Waals surface area contributed by atoms with E-state index in [0.717, 1.165) is 83.5 Å². The number of hydrogen-bond acceptors (Lipinski definition) is 6. The Morgan fingerprint density at radius 3 is 0.750 bits per heavy atom. The molecule has 0 aromatic rings. The first-order valence-electron chi connectivity index (χ1n) is 33.6. The Balaban J connectivity index is 4.30. The summed E-state index contributed by atoms with van der Waals surface area (Å²) in [5, 5.41) is 0. The summed E-state index contributed by atoms with van der Waals surface area (Å²) in [6.45, 7) is 6.64. The average Bonchev–Trinajstić information content (AvgIpc) is 3.42. The lowest BCUT2D eigenvalue weighted by molar-refractivity contribution is -0.167. The van der Waals surface area contributed by atoms with Gasteiger partial charge in [-0.2, -0.15) is 0 Å². The average molecular weight is 1070 g/mol. The number of rotatable bonds is 62. The number of hydrogen-bond donors (Lipinski definition) is 0. The van der Waals surface area contributed by atoms with Crippen LogP contribution in [0.1, 0.15) is 361 Å². The second-order valence-corrected chi connectivity index (χ2v) is 22.7. The minimum Gasteiger partial charge on any atom is -0.462 e. The number of unbranched alkanes of at least 4 members (excludes halogenated alkanes) is 43. The Bertz CT molecular complexity index is 1310. The fourth-order valence-corrected chi connectivity index (χ4v) is 9.98. The third-order valence-corrected chi connectivity index (χ3v) is 15.1. The van der Waals surface area contributed by atoms with Gasteiger partial charge in [-0.3, -0.25) is 14.4 Å². The zero-order valence-electron chi connectivity index (χ0n) is 51.0. The highest BCUT2D eigenvalue weighted by atomic mass is 16.6. The van der Waals surface area contributed by atoms with E-state index in [0.29, 0.717) is 19.3 Å². The summed E-state index contributed by atoms with van der Waals surface area (Å²) in [6, 6.07) is 0. The van der Waals surface area contributed by atoms with E-state index in [4.69, 9.17) is 14.2 Å². The lowest BCUT2D eigenvalue weighted by Gasteiger charge is -2.18.